The van der Waals surface area contributed by atoms with E-state index < -0.39 is 17.9 Å². The Morgan fingerprint density at radius 3 is 2.41 bits per heavy atom. The van der Waals surface area contributed by atoms with Crippen LogP contribution in [0.5, 0.6) is 0 Å². The van der Waals surface area contributed by atoms with E-state index in [9.17, 15) is 14.4 Å². The van der Waals surface area contributed by atoms with Crippen molar-refractivity contribution in [3.05, 3.63) is 24.3 Å². The average Bonchev–Trinajstić information content (AvgIpc) is 2.28. The standard InChI is InChI=1S/C12H16O5/c1-4-6-7-16-11(14)8-9(3)12(15)17-10(13)5-2/h5,8H,2,4,6-7H2,1,3H3/b9-8-. The zero-order chi connectivity index (χ0) is 13.3. The molecule has 0 atom stereocenters. The lowest BCUT2D eigenvalue weighted by molar-refractivity contribution is -0.153. The molecule has 0 saturated heterocycles. The van der Waals surface area contributed by atoms with Crippen molar-refractivity contribution in [1.82, 2.24) is 0 Å². The maximum Gasteiger partial charge on any atom is 0.341 e. The first-order valence-corrected chi connectivity index (χ1v) is 5.24. The Morgan fingerprint density at radius 2 is 1.88 bits per heavy atom. The van der Waals surface area contributed by atoms with Crippen LogP contribution in [0, 0.1) is 0 Å². The number of unbranched alkanes of at least 4 members (excludes halogenated alkanes) is 1. The van der Waals surface area contributed by atoms with E-state index in [1.165, 1.54) is 6.92 Å². The third kappa shape index (κ3) is 7.05. The summed E-state index contributed by atoms with van der Waals surface area (Å²) in [7, 11) is 0. The normalized spacial score (nSPS) is 10.6. The van der Waals surface area contributed by atoms with E-state index in [-0.39, 0.29) is 5.57 Å². The maximum atomic E-state index is 11.2. The van der Waals surface area contributed by atoms with Crippen molar-refractivity contribution in [1.29, 1.82) is 0 Å². The molecule has 0 radical (unpaired) electrons. The highest BCUT2D eigenvalue weighted by molar-refractivity contribution is 6.02. The summed E-state index contributed by atoms with van der Waals surface area (Å²) in [5.74, 6) is -2.37. The van der Waals surface area contributed by atoms with Gasteiger partial charge in [0.25, 0.3) is 0 Å². The van der Waals surface area contributed by atoms with E-state index in [2.05, 4.69) is 11.3 Å². The molecule has 0 rings (SSSR count). The lowest BCUT2D eigenvalue weighted by atomic mass is 10.3. The summed E-state index contributed by atoms with van der Waals surface area (Å²) in [5, 5.41) is 0. The number of rotatable bonds is 6. The van der Waals surface area contributed by atoms with Gasteiger partial charge >= 0.3 is 17.9 Å². The second kappa shape index (κ2) is 8.27. The van der Waals surface area contributed by atoms with Gasteiger partial charge in [0, 0.05) is 17.7 Å². The van der Waals surface area contributed by atoms with Crippen molar-refractivity contribution in [2.24, 2.45) is 0 Å². The Labute approximate surface area is 100 Å². The fraction of sp³-hybridized carbons (Fsp3) is 0.417. The van der Waals surface area contributed by atoms with Gasteiger partial charge in [-0.05, 0) is 13.3 Å². The summed E-state index contributed by atoms with van der Waals surface area (Å²) >= 11 is 0. The molecule has 0 aliphatic heterocycles. The first kappa shape index (κ1) is 15.1. The molecular weight excluding hydrogens is 224 g/mol. The smallest absolute Gasteiger partial charge is 0.341 e. The summed E-state index contributed by atoms with van der Waals surface area (Å²) in [6, 6.07) is 0. The molecule has 0 bridgehead atoms. The van der Waals surface area contributed by atoms with Gasteiger partial charge in [0.15, 0.2) is 0 Å². The van der Waals surface area contributed by atoms with Crippen LogP contribution in [-0.2, 0) is 23.9 Å². The Kier molecular flexibility index (Phi) is 7.34. The van der Waals surface area contributed by atoms with Gasteiger partial charge in [-0.1, -0.05) is 19.9 Å². The van der Waals surface area contributed by atoms with Crippen LogP contribution < -0.4 is 0 Å². The molecular formula is C12H16O5. The second-order valence-electron chi connectivity index (χ2n) is 3.26. The summed E-state index contributed by atoms with van der Waals surface area (Å²) in [5.41, 5.74) is 0.00157. The molecule has 17 heavy (non-hydrogen) atoms. The van der Waals surface area contributed by atoms with Gasteiger partial charge in [0.2, 0.25) is 0 Å². The highest BCUT2D eigenvalue weighted by Crippen LogP contribution is 1.99. The minimum atomic E-state index is -0.887. The average molecular weight is 240 g/mol. The highest BCUT2D eigenvalue weighted by atomic mass is 16.6. The summed E-state index contributed by atoms with van der Waals surface area (Å²) < 4.78 is 9.12. The number of carbonyl (C=O) groups excluding carboxylic acids is 3. The van der Waals surface area contributed by atoms with Crippen molar-refractivity contribution in [3.8, 4) is 0 Å². The predicted molar refractivity (Wildman–Crippen MR) is 60.9 cm³/mol. The number of esters is 3. The van der Waals surface area contributed by atoms with E-state index in [0.717, 1.165) is 25.0 Å². The van der Waals surface area contributed by atoms with Crippen LogP contribution in [0.3, 0.4) is 0 Å². The molecule has 0 fully saturated rings. The van der Waals surface area contributed by atoms with Gasteiger partial charge in [0.1, 0.15) is 0 Å². The monoisotopic (exact) mass is 240 g/mol. The first-order chi connectivity index (χ1) is 8.01. The van der Waals surface area contributed by atoms with Gasteiger partial charge in [-0.3, -0.25) is 0 Å². The molecule has 0 N–H and O–H groups in total. The Morgan fingerprint density at radius 1 is 1.24 bits per heavy atom. The lowest BCUT2D eigenvalue weighted by Crippen LogP contribution is -2.12. The molecule has 0 aromatic heterocycles. The highest BCUT2D eigenvalue weighted by Gasteiger charge is 2.11. The zero-order valence-corrected chi connectivity index (χ0v) is 10.0. The first-order valence-electron chi connectivity index (χ1n) is 5.24. The molecule has 0 saturated carbocycles. The Balaban J connectivity index is 4.22. The Bertz CT molecular complexity index is 341. The summed E-state index contributed by atoms with van der Waals surface area (Å²) in [6.45, 7) is 6.78. The molecule has 0 aromatic carbocycles. The van der Waals surface area contributed by atoms with Crippen molar-refractivity contribution < 1.29 is 23.9 Å². The quantitative estimate of drug-likeness (QED) is 0.305. The molecule has 0 spiro atoms. The largest absolute Gasteiger partial charge is 0.463 e. The van der Waals surface area contributed by atoms with E-state index in [0.29, 0.717) is 6.61 Å². The van der Waals surface area contributed by atoms with Crippen LogP contribution in [0.15, 0.2) is 24.3 Å². The van der Waals surface area contributed by atoms with Crippen molar-refractivity contribution >= 4 is 17.9 Å². The van der Waals surface area contributed by atoms with Gasteiger partial charge < -0.3 is 9.47 Å². The number of ether oxygens (including phenoxy) is 2. The topological polar surface area (TPSA) is 69.7 Å². The molecule has 0 aliphatic carbocycles. The number of hydrogen-bond acceptors (Lipinski definition) is 5. The van der Waals surface area contributed by atoms with Gasteiger partial charge in [-0.25, -0.2) is 14.4 Å². The number of carbonyl (C=O) groups is 3. The molecule has 5 nitrogen and oxygen atoms in total. The van der Waals surface area contributed by atoms with Crippen LogP contribution >= 0.6 is 0 Å². The van der Waals surface area contributed by atoms with E-state index in [1.54, 1.807) is 0 Å². The molecule has 0 heterocycles. The third-order valence-electron chi connectivity index (χ3n) is 1.76. The summed E-state index contributed by atoms with van der Waals surface area (Å²) in [4.78, 5) is 33.1. The minimum Gasteiger partial charge on any atom is -0.463 e. The molecule has 5 heteroatoms. The predicted octanol–water partition coefficient (Wildman–Crippen LogP) is 1.53. The zero-order valence-electron chi connectivity index (χ0n) is 10.0. The SMILES string of the molecule is C=CC(=O)OC(=O)/C(C)=C\C(=O)OCCCC. The van der Waals surface area contributed by atoms with E-state index in [4.69, 9.17) is 4.74 Å². The lowest BCUT2D eigenvalue weighted by Gasteiger charge is -2.02. The van der Waals surface area contributed by atoms with Crippen molar-refractivity contribution in [2.75, 3.05) is 6.61 Å². The number of hydrogen-bond donors (Lipinski definition) is 0. The molecule has 0 aromatic rings. The Hall–Kier alpha value is -1.91. The van der Waals surface area contributed by atoms with Crippen LogP contribution in [0.25, 0.3) is 0 Å². The molecule has 0 aliphatic rings. The van der Waals surface area contributed by atoms with E-state index >= 15 is 0 Å². The van der Waals surface area contributed by atoms with Gasteiger partial charge in [-0.15, -0.1) is 0 Å². The van der Waals surface area contributed by atoms with Crippen molar-refractivity contribution in [2.45, 2.75) is 26.7 Å². The van der Waals surface area contributed by atoms with E-state index in [1.807, 2.05) is 6.92 Å². The molecule has 0 unspecified atom stereocenters. The third-order valence-corrected chi connectivity index (χ3v) is 1.76. The van der Waals surface area contributed by atoms with Gasteiger partial charge in [0.05, 0.1) is 6.61 Å². The van der Waals surface area contributed by atoms with Crippen LogP contribution in [-0.4, -0.2) is 24.5 Å². The maximum absolute atomic E-state index is 11.2. The van der Waals surface area contributed by atoms with Crippen LogP contribution in [0.2, 0.25) is 0 Å². The van der Waals surface area contributed by atoms with Crippen LogP contribution in [0.4, 0.5) is 0 Å². The fourth-order valence-corrected chi connectivity index (χ4v) is 0.808. The summed E-state index contributed by atoms with van der Waals surface area (Å²) in [6.07, 6.45) is 3.53. The van der Waals surface area contributed by atoms with Gasteiger partial charge in [-0.2, -0.15) is 0 Å². The van der Waals surface area contributed by atoms with Crippen LogP contribution in [0.1, 0.15) is 26.7 Å². The molecule has 0 amide bonds. The fourth-order valence-electron chi connectivity index (χ4n) is 0.808. The minimum absolute atomic E-state index is 0.00157. The van der Waals surface area contributed by atoms with Crippen molar-refractivity contribution in [3.63, 3.8) is 0 Å². The second-order valence-corrected chi connectivity index (χ2v) is 3.26. The molecule has 94 valence electrons.